The molecule has 0 saturated heterocycles. The first-order valence-corrected chi connectivity index (χ1v) is 4.67. The fraction of sp³-hybridized carbons (Fsp3) is 0.800. The molecule has 13 heavy (non-hydrogen) atoms. The monoisotopic (exact) mass is 188 g/mol. The first-order valence-electron chi connectivity index (χ1n) is 4.67. The molecule has 0 aromatic rings. The maximum absolute atomic E-state index is 9.27. The van der Waals surface area contributed by atoms with Crippen LogP contribution in [0.15, 0.2) is 12.7 Å². The molecule has 0 aliphatic carbocycles. The van der Waals surface area contributed by atoms with Gasteiger partial charge in [-0.2, -0.15) is 0 Å². The van der Waals surface area contributed by atoms with Gasteiger partial charge in [-0.3, -0.25) is 0 Å². The van der Waals surface area contributed by atoms with Gasteiger partial charge in [0.1, 0.15) is 0 Å². The normalized spacial score (nSPS) is 12.8. The van der Waals surface area contributed by atoms with Crippen LogP contribution < -0.4 is 0 Å². The molecule has 1 atom stereocenters. The second-order valence-corrected chi connectivity index (χ2v) is 2.97. The van der Waals surface area contributed by atoms with Crippen molar-refractivity contribution in [2.45, 2.75) is 25.4 Å². The van der Waals surface area contributed by atoms with E-state index in [1.807, 2.05) is 0 Å². The standard InChI is InChI=1S/C10H20O3/c1-3-7-13-8-5-4-6-10(11)9-12-2/h3,10-11H,1,4-9H2,2H3. The summed E-state index contributed by atoms with van der Waals surface area (Å²) in [6.07, 6.45) is 4.14. The first-order chi connectivity index (χ1) is 6.31. The van der Waals surface area contributed by atoms with Crippen LogP contribution in [0, 0.1) is 0 Å². The van der Waals surface area contributed by atoms with Crippen LogP contribution in [0.4, 0.5) is 0 Å². The van der Waals surface area contributed by atoms with Crippen molar-refractivity contribution < 1.29 is 14.6 Å². The molecule has 1 N–H and O–H groups in total. The highest BCUT2D eigenvalue weighted by Crippen LogP contribution is 2.01. The van der Waals surface area contributed by atoms with E-state index in [4.69, 9.17) is 9.47 Å². The molecule has 0 aliphatic rings. The van der Waals surface area contributed by atoms with Crippen LogP contribution in [-0.2, 0) is 9.47 Å². The Kier molecular flexibility index (Phi) is 9.42. The molecule has 0 spiro atoms. The molecule has 0 amide bonds. The minimum Gasteiger partial charge on any atom is -0.391 e. The van der Waals surface area contributed by atoms with Crippen LogP contribution in [0.5, 0.6) is 0 Å². The highest BCUT2D eigenvalue weighted by Gasteiger charge is 2.01. The van der Waals surface area contributed by atoms with E-state index in [1.165, 1.54) is 0 Å². The van der Waals surface area contributed by atoms with Crippen molar-refractivity contribution in [3.63, 3.8) is 0 Å². The van der Waals surface area contributed by atoms with Crippen LogP contribution in [0.3, 0.4) is 0 Å². The van der Waals surface area contributed by atoms with E-state index < -0.39 is 0 Å². The van der Waals surface area contributed by atoms with E-state index in [9.17, 15) is 5.11 Å². The molecule has 78 valence electrons. The molecule has 1 unspecified atom stereocenters. The van der Waals surface area contributed by atoms with Gasteiger partial charge in [0.2, 0.25) is 0 Å². The summed E-state index contributed by atoms with van der Waals surface area (Å²) in [4.78, 5) is 0. The summed E-state index contributed by atoms with van der Waals surface area (Å²) in [6, 6.07) is 0. The summed E-state index contributed by atoms with van der Waals surface area (Å²) >= 11 is 0. The fourth-order valence-corrected chi connectivity index (χ4v) is 1.03. The Morgan fingerprint density at radius 1 is 1.46 bits per heavy atom. The first kappa shape index (κ1) is 12.6. The number of unbranched alkanes of at least 4 members (excludes halogenated alkanes) is 1. The van der Waals surface area contributed by atoms with E-state index in [0.29, 0.717) is 13.2 Å². The van der Waals surface area contributed by atoms with Gasteiger partial charge in [0.15, 0.2) is 0 Å². The Balaban J connectivity index is 3.01. The third-order valence-corrected chi connectivity index (χ3v) is 1.67. The van der Waals surface area contributed by atoms with E-state index >= 15 is 0 Å². The van der Waals surface area contributed by atoms with Gasteiger partial charge < -0.3 is 14.6 Å². The molecular formula is C10H20O3. The molecule has 0 aromatic heterocycles. The van der Waals surface area contributed by atoms with E-state index in [0.717, 1.165) is 25.9 Å². The molecule has 0 aliphatic heterocycles. The molecule has 0 heterocycles. The van der Waals surface area contributed by atoms with Gasteiger partial charge in [-0.1, -0.05) is 6.08 Å². The van der Waals surface area contributed by atoms with Gasteiger partial charge in [0, 0.05) is 13.7 Å². The average molecular weight is 188 g/mol. The zero-order valence-electron chi connectivity index (χ0n) is 8.37. The minimum absolute atomic E-state index is 0.329. The summed E-state index contributed by atoms with van der Waals surface area (Å²) in [5.74, 6) is 0. The Bertz CT molecular complexity index is 115. The third-order valence-electron chi connectivity index (χ3n) is 1.67. The number of methoxy groups -OCH3 is 1. The number of hydrogen-bond acceptors (Lipinski definition) is 3. The molecule has 3 nitrogen and oxygen atoms in total. The Morgan fingerprint density at radius 2 is 2.23 bits per heavy atom. The lowest BCUT2D eigenvalue weighted by molar-refractivity contribution is 0.0556. The highest BCUT2D eigenvalue weighted by molar-refractivity contribution is 4.63. The SMILES string of the molecule is C=CCOCCCCC(O)COC. The van der Waals surface area contributed by atoms with Gasteiger partial charge in [0.25, 0.3) is 0 Å². The number of rotatable bonds is 9. The lowest BCUT2D eigenvalue weighted by Crippen LogP contribution is -2.13. The molecule has 3 heteroatoms. The number of aliphatic hydroxyl groups excluding tert-OH is 1. The average Bonchev–Trinajstić information content (AvgIpc) is 2.11. The molecule has 0 bridgehead atoms. The smallest absolute Gasteiger partial charge is 0.0773 e. The molecular weight excluding hydrogens is 168 g/mol. The van der Waals surface area contributed by atoms with Crippen LogP contribution in [0.2, 0.25) is 0 Å². The Morgan fingerprint density at radius 3 is 2.85 bits per heavy atom. The molecule has 0 fully saturated rings. The number of aliphatic hydroxyl groups is 1. The van der Waals surface area contributed by atoms with Crippen molar-refractivity contribution in [1.29, 1.82) is 0 Å². The number of ether oxygens (including phenoxy) is 2. The predicted octanol–water partition coefficient (Wildman–Crippen LogP) is 1.37. The topological polar surface area (TPSA) is 38.7 Å². The van der Waals surface area contributed by atoms with Crippen molar-refractivity contribution in [2.75, 3.05) is 26.9 Å². The highest BCUT2D eigenvalue weighted by atomic mass is 16.5. The van der Waals surface area contributed by atoms with Gasteiger partial charge in [-0.15, -0.1) is 6.58 Å². The lowest BCUT2D eigenvalue weighted by atomic mass is 10.2. The lowest BCUT2D eigenvalue weighted by Gasteiger charge is -2.08. The van der Waals surface area contributed by atoms with Crippen molar-refractivity contribution in [1.82, 2.24) is 0 Å². The number of hydrogen-bond donors (Lipinski definition) is 1. The van der Waals surface area contributed by atoms with Crippen molar-refractivity contribution >= 4 is 0 Å². The zero-order chi connectivity index (χ0) is 9.94. The van der Waals surface area contributed by atoms with Gasteiger partial charge in [-0.25, -0.2) is 0 Å². The maximum Gasteiger partial charge on any atom is 0.0773 e. The van der Waals surface area contributed by atoms with E-state index in [2.05, 4.69) is 6.58 Å². The van der Waals surface area contributed by atoms with Crippen LogP contribution in [0.1, 0.15) is 19.3 Å². The van der Waals surface area contributed by atoms with Crippen molar-refractivity contribution in [3.05, 3.63) is 12.7 Å². The van der Waals surface area contributed by atoms with Gasteiger partial charge >= 0.3 is 0 Å². The van der Waals surface area contributed by atoms with E-state index in [1.54, 1.807) is 13.2 Å². The second-order valence-electron chi connectivity index (χ2n) is 2.97. The Hall–Kier alpha value is -0.380. The second kappa shape index (κ2) is 9.71. The van der Waals surface area contributed by atoms with Crippen LogP contribution in [-0.4, -0.2) is 38.1 Å². The molecule has 0 radical (unpaired) electrons. The summed E-state index contributed by atoms with van der Waals surface area (Å²) in [7, 11) is 1.59. The Labute approximate surface area is 80.4 Å². The zero-order valence-corrected chi connectivity index (χ0v) is 8.37. The third kappa shape index (κ3) is 9.53. The van der Waals surface area contributed by atoms with Gasteiger partial charge in [0.05, 0.1) is 19.3 Å². The quantitative estimate of drug-likeness (QED) is 0.438. The molecule has 0 rings (SSSR count). The maximum atomic E-state index is 9.27. The summed E-state index contributed by atoms with van der Waals surface area (Å²) in [6.45, 7) is 5.33. The summed E-state index contributed by atoms with van der Waals surface area (Å²) in [5, 5.41) is 9.27. The van der Waals surface area contributed by atoms with E-state index in [-0.39, 0.29) is 6.10 Å². The minimum atomic E-state index is -0.329. The van der Waals surface area contributed by atoms with Crippen LogP contribution >= 0.6 is 0 Å². The molecule has 0 aromatic carbocycles. The van der Waals surface area contributed by atoms with Crippen LogP contribution in [0.25, 0.3) is 0 Å². The van der Waals surface area contributed by atoms with Crippen molar-refractivity contribution in [2.24, 2.45) is 0 Å². The largest absolute Gasteiger partial charge is 0.391 e. The van der Waals surface area contributed by atoms with Crippen molar-refractivity contribution in [3.8, 4) is 0 Å². The summed E-state index contributed by atoms with van der Waals surface area (Å²) < 4.78 is 10.00. The predicted molar refractivity (Wildman–Crippen MR) is 52.7 cm³/mol. The molecule has 0 saturated carbocycles. The fourth-order valence-electron chi connectivity index (χ4n) is 1.03. The summed E-state index contributed by atoms with van der Waals surface area (Å²) in [5.41, 5.74) is 0. The van der Waals surface area contributed by atoms with Gasteiger partial charge in [-0.05, 0) is 19.3 Å².